The normalized spacial score (nSPS) is 10.6. The highest BCUT2D eigenvalue weighted by Crippen LogP contribution is 1.83. The summed E-state index contributed by atoms with van der Waals surface area (Å²) in [5.41, 5.74) is 4.76. The Balaban J connectivity index is 2.93. The van der Waals surface area contributed by atoms with Gasteiger partial charge in [-0.1, -0.05) is 0 Å². The predicted octanol–water partition coefficient (Wildman–Crippen LogP) is -0.860. The van der Waals surface area contributed by atoms with Crippen LogP contribution in [0.4, 0.5) is 4.79 Å². The molecule has 19 heavy (non-hydrogen) atoms. The van der Waals surface area contributed by atoms with E-state index in [4.69, 9.17) is 29.8 Å². The van der Waals surface area contributed by atoms with E-state index in [0.29, 0.717) is 52.9 Å². The standard InChI is InChI=1S/C11H23NO7/c12-11(14)19-10-9-18-8-7-17-6-5-16-4-3-15-2-1-13/h13H,1-10H2,(H2,12,14). The highest BCUT2D eigenvalue weighted by molar-refractivity contribution is 5.64. The maximum Gasteiger partial charge on any atom is 0.404 e. The minimum atomic E-state index is -0.806. The van der Waals surface area contributed by atoms with E-state index in [1.54, 1.807) is 0 Å². The Bertz CT molecular complexity index is 203. The Morgan fingerprint density at radius 3 is 1.47 bits per heavy atom. The molecule has 1 amide bonds. The number of hydrogen-bond acceptors (Lipinski definition) is 7. The first kappa shape index (κ1) is 18.1. The van der Waals surface area contributed by atoms with E-state index in [0.717, 1.165) is 0 Å². The number of aliphatic hydroxyl groups excluding tert-OH is 1. The molecule has 0 atom stereocenters. The molecule has 0 aromatic heterocycles. The van der Waals surface area contributed by atoms with Crippen molar-refractivity contribution in [3.63, 3.8) is 0 Å². The lowest BCUT2D eigenvalue weighted by atomic mass is 10.7. The van der Waals surface area contributed by atoms with Crippen LogP contribution >= 0.6 is 0 Å². The minimum Gasteiger partial charge on any atom is -0.447 e. The molecule has 3 N–H and O–H groups in total. The number of primary amides is 1. The van der Waals surface area contributed by atoms with E-state index in [9.17, 15) is 4.79 Å². The van der Waals surface area contributed by atoms with Gasteiger partial charge in [0.1, 0.15) is 6.61 Å². The van der Waals surface area contributed by atoms with Crippen LogP contribution < -0.4 is 5.73 Å². The molecule has 114 valence electrons. The average Bonchev–Trinajstić information content (AvgIpc) is 2.39. The summed E-state index contributed by atoms with van der Waals surface area (Å²) < 4.78 is 25.0. The first-order valence-electron chi connectivity index (χ1n) is 6.11. The molecule has 8 heteroatoms. The Hall–Kier alpha value is -0.930. The fraction of sp³-hybridized carbons (Fsp3) is 0.909. The van der Waals surface area contributed by atoms with Crippen molar-refractivity contribution in [3.8, 4) is 0 Å². The lowest BCUT2D eigenvalue weighted by Crippen LogP contribution is -2.17. The van der Waals surface area contributed by atoms with E-state index in [-0.39, 0.29) is 13.2 Å². The van der Waals surface area contributed by atoms with Crippen molar-refractivity contribution in [2.75, 3.05) is 66.1 Å². The van der Waals surface area contributed by atoms with Gasteiger partial charge in [0.15, 0.2) is 0 Å². The molecule has 8 nitrogen and oxygen atoms in total. The van der Waals surface area contributed by atoms with Crippen molar-refractivity contribution in [2.45, 2.75) is 0 Å². The Morgan fingerprint density at radius 1 is 0.737 bits per heavy atom. The van der Waals surface area contributed by atoms with Crippen LogP contribution in [0, 0.1) is 0 Å². The number of ether oxygens (including phenoxy) is 5. The Kier molecular flexibility index (Phi) is 14.4. The summed E-state index contributed by atoms with van der Waals surface area (Å²) in [5, 5.41) is 8.44. The van der Waals surface area contributed by atoms with Gasteiger partial charge in [-0.3, -0.25) is 0 Å². The van der Waals surface area contributed by atoms with Crippen molar-refractivity contribution in [1.29, 1.82) is 0 Å². The number of rotatable bonds is 14. The number of aliphatic hydroxyl groups is 1. The predicted molar refractivity (Wildman–Crippen MR) is 65.9 cm³/mol. The van der Waals surface area contributed by atoms with Crippen molar-refractivity contribution in [1.82, 2.24) is 0 Å². The highest BCUT2D eigenvalue weighted by Gasteiger charge is 1.94. The molecule has 0 heterocycles. The zero-order chi connectivity index (χ0) is 14.2. The Labute approximate surface area is 112 Å². The third kappa shape index (κ3) is 17.1. The van der Waals surface area contributed by atoms with Crippen LogP contribution in [0.5, 0.6) is 0 Å². The molecule has 0 fully saturated rings. The highest BCUT2D eigenvalue weighted by atomic mass is 16.6. The van der Waals surface area contributed by atoms with Gasteiger partial charge in [0.05, 0.1) is 59.5 Å². The first-order chi connectivity index (χ1) is 9.27. The third-order valence-corrected chi connectivity index (χ3v) is 1.82. The van der Waals surface area contributed by atoms with Gasteiger partial charge in [0.25, 0.3) is 0 Å². The number of hydrogen-bond donors (Lipinski definition) is 2. The molecule has 0 saturated heterocycles. The van der Waals surface area contributed by atoms with Gasteiger partial charge >= 0.3 is 6.09 Å². The summed E-state index contributed by atoms with van der Waals surface area (Å²) in [5.74, 6) is 0. The van der Waals surface area contributed by atoms with E-state index in [1.807, 2.05) is 0 Å². The van der Waals surface area contributed by atoms with Crippen LogP contribution in [0.3, 0.4) is 0 Å². The van der Waals surface area contributed by atoms with Gasteiger partial charge in [0, 0.05) is 0 Å². The van der Waals surface area contributed by atoms with Crippen molar-refractivity contribution in [3.05, 3.63) is 0 Å². The van der Waals surface area contributed by atoms with E-state index >= 15 is 0 Å². The molecule has 0 bridgehead atoms. The molecule has 0 aliphatic heterocycles. The Morgan fingerprint density at radius 2 is 1.11 bits per heavy atom. The summed E-state index contributed by atoms with van der Waals surface area (Å²) >= 11 is 0. The summed E-state index contributed by atoms with van der Waals surface area (Å²) in [6, 6.07) is 0. The number of carbonyl (C=O) groups is 1. The molecule has 0 spiro atoms. The first-order valence-corrected chi connectivity index (χ1v) is 6.11. The molecule has 0 aromatic rings. The number of nitrogens with two attached hydrogens (primary N) is 1. The molecule has 0 radical (unpaired) electrons. The third-order valence-electron chi connectivity index (χ3n) is 1.82. The lowest BCUT2D eigenvalue weighted by molar-refractivity contribution is -0.00916. The van der Waals surface area contributed by atoms with Gasteiger partial charge in [-0.2, -0.15) is 0 Å². The number of amides is 1. The molecule has 0 aromatic carbocycles. The second kappa shape index (κ2) is 15.1. The summed E-state index contributed by atoms with van der Waals surface area (Å²) in [7, 11) is 0. The molecular weight excluding hydrogens is 258 g/mol. The summed E-state index contributed by atoms with van der Waals surface area (Å²) in [6.07, 6.45) is -0.806. The largest absolute Gasteiger partial charge is 0.447 e. The van der Waals surface area contributed by atoms with Gasteiger partial charge in [-0.05, 0) is 0 Å². The fourth-order valence-electron chi connectivity index (χ4n) is 1.03. The zero-order valence-corrected chi connectivity index (χ0v) is 11.0. The quantitative estimate of drug-likeness (QED) is 0.399. The summed E-state index contributed by atoms with van der Waals surface area (Å²) in [4.78, 5) is 10.2. The molecule has 0 rings (SSSR count). The lowest BCUT2D eigenvalue weighted by Gasteiger charge is -2.07. The van der Waals surface area contributed by atoms with Crippen molar-refractivity contribution in [2.24, 2.45) is 5.73 Å². The van der Waals surface area contributed by atoms with Gasteiger partial charge in [-0.25, -0.2) is 4.79 Å². The topological polar surface area (TPSA) is 109 Å². The van der Waals surface area contributed by atoms with Gasteiger partial charge < -0.3 is 34.5 Å². The van der Waals surface area contributed by atoms with Gasteiger partial charge in [-0.15, -0.1) is 0 Å². The van der Waals surface area contributed by atoms with Gasteiger partial charge in [0.2, 0.25) is 0 Å². The monoisotopic (exact) mass is 281 g/mol. The summed E-state index contributed by atoms with van der Waals surface area (Å²) in [6.45, 7) is 3.55. The smallest absolute Gasteiger partial charge is 0.404 e. The van der Waals surface area contributed by atoms with Crippen LogP contribution in [0.15, 0.2) is 0 Å². The average molecular weight is 281 g/mol. The van der Waals surface area contributed by atoms with E-state index in [1.165, 1.54) is 0 Å². The molecule has 0 unspecified atom stereocenters. The minimum absolute atomic E-state index is 0.0214. The van der Waals surface area contributed by atoms with Crippen molar-refractivity contribution >= 4 is 6.09 Å². The van der Waals surface area contributed by atoms with Crippen LogP contribution in [-0.4, -0.2) is 77.3 Å². The second-order valence-corrected chi connectivity index (χ2v) is 3.34. The van der Waals surface area contributed by atoms with Crippen LogP contribution in [0.25, 0.3) is 0 Å². The molecule has 0 saturated carbocycles. The van der Waals surface area contributed by atoms with Crippen LogP contribution in [0.1, 0.15) is 0 Å². The number of carbonyl (C=O) groups excluding carboxylic acids is 1. The van der Waals surface area contributed by atoms with Crippen molar-refractivity contribution < 1.29 is 33.6 Å². The fourth-order valence-corrected chi connectivity index (χ4v) is 1.03. The second-order valence-electron chi connectivity index (χ2n) is 3.34. The molecule has 0 aliphatic carbocycles. The molecule has 0 aliphatic rings. The zero-order valence-electron chi connectivity index (χ0n) is 11.0. The maximum absolute atomic E-state index is 10.2. The van der Waals surface area contributed by atoms with Crippen LogP contribution in [-0.2, 0) is 23.7 Å². The SMILES string of the molecule is NC(=O)OCCOCCOCCOCCOCCO. The molecular formula is C11H23NO7. The van der Waals surface area contributed by atoms with E-state index in [2.05, 4.69) is 4.74 Å². The maximum atomic E-state index is 10.2. The van der Waals surface area contributed by atoms with E-state index < -0.39 is 6.09 Å². The van der Waals surface area contributed by atoms with Crippen LogP contribution in [0.2, 0.25) is 0 Å².